The van der Waals surface area contributed by atoms with Crippen LogP contribution in [-0.2, 0) is 11.3 Å². The Bertz CT molecular complexity index is 1180. The van der Waals surface area contributed by atoms with Crippen LogP contribution in [0.5, 0.6) is 5.75 Å². The van der Waals surface area contributed by atoms with Crippen molar-refractivity contribution in [1.82, 2.24) is 14.5 Å². The number of aryl methyl sites for hydroxylation is 2. The van der Waals surface area contributed by atoms with Gasteiger partial charge in [-0.15, -0.1) is 11.3 Å². The number of aliphatic hydroxyl groups is 1. The lowest BCUT2D eigenvalue weighted by Crippen LogP contribution is -2.50. The highest BCUT2D eigenvalue weighted by molar-refractivity contribution is 7.18. The number of rotatable bonds is 5. The molecule has 1 aromatic carbocycles. The maximum atomic E-state index is 13.2. The van der Waals surface area contributed by atoms with Crippen LogP contribution in [0.4, 0.5) is 4.39 Å². The van der Waals surface area contributed by atoms with Crippen LogP contribution in [0.2, 0.25) is 0 Å². The minimum atomic E-state index is -1.10. The fraction of sp³-hybridized carbons (Fsp3) is 0.409. The van der Waals surface area contributed by atoms with Crippen molar-refractivity contribution in [2.45, 2.75) is 38.8 Å². The minimum Gasteiger partial charge on any atom is -0.484 e. The molecule has 7 nitrogen and oxygen atoms in total. The lowest BCUT2D eigenvalue weighted by Gasteiger charge is -2.38. The summed E-state index contributed by atoms with van der Waals surface area (Å²) < 4.78 is 20.1. The summed E-state index contributed by atoms with van der Waals surface area (Å²) in [5, 5.41) is 11.6. The average molecular weight is 446 g/mol. The first kappa shape index (κ1) is 21.5. The number of carbonyl (C=O) groups is 1. The second-order valence-corrected chi connectivity index (χ2v) is 9.20. The van der Waals surface area contributed by atoms with E-state index in [2.05, 4.69) is 4.98 Å². The summed E-state index contributed by atoms with van der Waals surface area (Å²) in [6.07, 6.45) is 2.16. The molecule has 0 aliphatic carbocycles. The van der Waals surface area contributed by atoms with Crippen molar-refractivity contribution in [3.8, 4) is 5.75 Å². The fourth-order valence-electron chi connectivity index (χ4n) is 3.82. The highest BCUT2D eigenvalue weighted by Crippen LogP contribution is 2.27. The van der Waals surface area contributed by atoms with Gasteiger partial charge in [-0.05, 0) is 44.4 Å². The van der Waals surface area contributed by atoms with Gasteiger partial charge in [0.2, 0.25) is 0 Å². The van der Waals surface area contributed by atoms with Gasteiger partial charge in [0.15, 0.2) is 6.61 Å². The molecule has 31 heavy (non-hydrogen) atoms. The summed E-state index contributed by atoms with van der Waals surface area (Å²) in [4.78, 5) is 33.1. The topological polar surface area (TPSA) is 84.7 Å². The molecule has 1 amide bonds. The van der Waals surface area contributed by atoms with Crippen LogP contribution in [0.15, 0.2) is 35.4 Å². The van der Waals surface area contributed by atoms with E-state index in [1.807, 2.05) is 13.8 Å². The number of halogens is 1. The van der Waals surface area contributed by atoms with E-state index in [-0.39, 0.29) is 24.6 Å². The standard InChI is InChI=1S/C22H24FN3O4S/c1-14-15(2)31-20-19(14)21(28)26(13-24-20)12-22(29)6-8-25(9-7-22)18(27)11-30-17-5-3-4-16(23)10-17/h3-5,10,13,29H,6-9,11-12H2,1-2H3. The highest BCUT2D eigenvalue weighted by atomic mass is 32.1. The largest absolute Gasteiger partial charge is 0.484 e. The predicted octanol–water partition coefficient (Wildman–Crippen LogP) is 2.65. The van der Waals surface area contributed by atoms with E-state index in [0.29, 0.717) is 41.9 Å². The molecule has 3 aromatic rings. The molecule has 0 radical (unpaired) electrons. The molecule has 0 saturated carbocycles. The van der Waals surface area contributed by atoms with E-state index in [1.165, 1.54) is 40.4 Å². The quantitative estimate of drug-likeness (QED) is 0.653. The molecular formula is C22H24FN3O4S. The van der Waals surface area contributed by atoms with E-state index in [9.17, 15) is 19.1 Å². The van der Waals surface area contributed by atoms with E-state index < -0.39 is 11.4 Å². The Labute approximate surface area is 182 Å². The number of thiophene rings is 1. The maximum absolute atomic E-state index is 13.2. The Morgan fingerprint density at radius 1 is 1.32 bits per heavy atom. The Morgan fingerprint density at radius 3 is 2.77 bits per heavy atom. The number of hydrogen-bond donors (Lipinski definition) is 1. The van der Waals surface area contributed by atoms with Gasteiger partial charge in [-0.1, -0.05) is 6.07 Å². The van der Waals surface area contributed by atoms with Gasteiger partial charge in [0.1, 0.15) is 16.4 Å². The summed E-state index contributed by atoms with van der Waals surface area (Å²) in [7, 11) is 0. The Kier molecular flexibility index (Phi) is 5.81. The number of amides is 1. The van der Waals surface area contributed by atoms with Gasteiger partial charge in [0.05, 0.1) is 23.9 Å². The number of nitrogens with zero attached hydrogens (tertiary/aromatic N) is 3. The number of hydrogen-bond acceptors (Lipinski definition) is 6. The Hall–Kier alpha value is -2.78. The Balaban J connectivity index is 1.38. The summed E-state index contributed by atoms with van der Waals surface area (Å²) in [6, 6.07) is 5.63. The van der Waals surface area contributed by atoms with Crippen LogP contribution >= 0.6 is 11.3 Å². The molecule has 0 bridgehead atoms. The van der Waals surface area contributed by atoms with Gasteiger partial charge in [-0.2, -0.15) is 0 Å². The van der Waals surface area contributed by atoms with Crippen molar-refractivity contribution < 1.29 is 19.0 Å². The van der Waals surface area contributed by atoms with E-state index in [1.54, 1.807) is 11.0 Å². The first-order valence-corrected chi connectivity index (χ1v) is 10.9. The average Bonchev–Trinajstić information content (AvgIpc) is 3.03. The molecule has 9 heteroatoms. The monoisotopic (exact) mass is 445 g/mol. The number of ether oxygens (including phenoxy) is 1. The van der Waals surface area contributed by atoms with Crippen molar-refractivity contribution in [2.24, 2.45) is 0 Å². The van der Waals surface area contributed by atoms with Gasteiger partial charge in [-0.3, -0.25) is 14.2 Å². The van der Waals surface area contributed by atoms with Crippen LogP contribution in [-0.4, -0.2) is 50.8 Å². The molecule has 2 aromatic heterocycles. The van der Waals surface area contributed by atoms with Crippen molar-refractivity contribution in [2.75, 3.05) is 19.7 Å². The summed E-state index contributed by atoms with van der Waals surface area (Å²) in [5.74, 6) is -0.359. The molecule has 1 N–H and O–H groups in total. The summed E-state index contributed by atoms with van der Waals surface area (Å²) >= 11 is 1.49. The lowest BCUT2D eigenvalue weighted by molar-refractivity contribution is -0.138. The molecule has 1 fully saturated rings. The number of likely N-dealkylation sites (tertiary alicyclic amines) is 1. The van der Waals surface area contributed by atoms with E-state index in [4.69, 9.17) is 4.74 Å². The van der Waals surface area contributed by atoms with Gasteiger partial charge in [0.25, 0.3) is 11.5 Å². The minimum absolute atomic E-state index is 0.130. The molecule has 1 saturated heterocycles. The maximum Gasteiger partial charge on any atom is 0.262 e. The SMILES string of the molecule is Cc1sc2ncn(CC3(O)CCN(C(=O)COc4cccc(F)c4)CC3)c(=O)c2c1C. The first-order chi connectivity index (χ1) is 14.8. The highest BCUT2D eigenvalue weighted by Gasteiger charge is 2.35. The zero-order chi connectivity index (χ0) is 22.2. The molecular weight excluding hydrogens is 421 g/mol. The summed E-state index contributed by atoms with van der Waals surface area (Å²) in [5.41, 5.74) is -0.321. The Morgan fingerprint density at radius 2 is 2.06 bits per heavy atom. The van der Waals surface area contributed by atoms with Crippen LogP contribution in [0.3, 0.4) is 0 Å². The van der Waals surface area contributed by atoms with E-state index in [0.717, 1.165) is 10.4 Å². The lowest BCUT2D eigenvalue weighted by atomic mass is 9.91. The second kappa shape index (κ2) is 8.39. The zero-order valence-electron chi connectivity index (χ0n) is 17.4. The van der Waals surface area contributed by atoms with Gasteiger partial charge in [-0.25, -0.2) is 9.37 Å². The number of piperidine rings is 1. The molecule has 0 atom stereocenters. The molecule has 0 spiro atoms. The molecule has 3 heterocycles. The van der Waals surface area contributed by atoms with Crippen molar-refractivity contribution in [3.63, 3.8) is 0 Å². The number of carbonyl (C=O) groups excluding carboxylic acids is 1. The van der Waals surface area contributed by atoms with Crippen LogP contribution in [0.25, 0.3) is 10.2 Å². The van der Waals surface area contributed by atoms with Crippen molar-refractivity contribution >= 4 is 27.5 Å². The van der Waals surface area contributed by atoms with Gasteiger partial charge < -0.3 is 14.7 Å². The van der Waals surface area contributed by atoms with Crippen LogP contribution in [0, 0.1) is 19.7 Å². The molecule has 1 aliphatic heterocycles. The molecule has 4 rings (SSSR count). The number of fused-ring (bicyclic) bond motifs is 1. The fourth-order valence-corrected chi connectivity index (χ4v) is 4.81. The third kappa shape index (κ3) is 4.47. The van der Waals surface area contributed by atoms with Crippen molar-refractivity contribution in [3.05, 3.63) is 57.2 Å². The number of aromatic nitrogens is 2. The van der Waals surface area contributed by atoms with Gasteiger partial charge in [0, 0.05) is 24.0 Å². The third-order valence-electron chi connectivity index (χ3n) is 5.83. The first-order valence-electron chi connectivity index (χ1n) is 10.1. The third-order valence-corrected chi connectivity index (χ3v) is 6.94. The van der Waals surface area contributed by atoms with Crippen molar-refractivity contribution in [1.29, 1.82) is 0 Å². The zero-order valence-corrected chi connectivity index (χ0v) is 18.2. The molecule has 1 aliphatic rings. The number of benzene rings is 1. The van der Waals surface area contributed by atoms with Crippen LogP contribution in [0.1, 0.15) is 23.3 Å². The smallest absolute Gasteiger partial charge is 0.262 e. The second-order valence-electron chi connectivity index (χ2n) is 7.99. The molecule has 164 valence electrons. The van der Waals surface area contributed by atoms with Crippen LogP contribution < -0.4 is 10.3 Å². The van der Waals surface area contributed by atoms with Gasteiger partial charge >= 0.3 is 0 Å². The normalized spacial score (nSPS) is 15.9. The molecule has 0 unspecified atom stereocenters. The summed E-state index contributed by atoms with van der Waals surface area (Å²) in [6.45, 7) is 4.51. The van der Waals surface area contributed by atoms with E-state index >= 15 is 0 Å². The predicted molar refractivity (Wildman–Crippen MR) is 116 cm³/mol.